The standard InChI is InChI=1S/C40H61N3O6/c1-12-13-14-18-23-43(36(45)32(24-27(2)3)42-38(47)49-40(9,10)11)34(31-25-28(4)21-22-29(31)5)35(44)41-33(37(46)48-39(6,7)8)26-30-19-16-15-17-20-30/h15-17,19-22,25,27,32-34H,12-14,18,23-24,26H2,1-11H3,(H,41,44)(H,42,47). The summed E-state index contributed by atoms with van der Waals surface area (Å²) in [5.74, 6) is -1.38. The quantitative estimate of drug-likeness (QED) is 0.139. The number of aryl methyl sites for hydroxylation is 2. The van der Waals surface area contributed by atoms with Crippen LogP contribution in [0.2, 0.25) is 0 Å². The van der Waals surface area contributed by atoms with Gasteiger partial charge in [-0.2, -0.15) is 0 Å². The third kappa shape index (κ3) is 14.6. The van der Waals surface area contributed by atoms with E-state index in [1.165, 1.54) is 0 Å². The zero-order chi connectivity index (χ0) is 36.9. The predicted molar refractivity (Wildman–Crippen MR) is 195 cm³/mol. The van der Waals surface area contributed by atoms with E-state index in [1.807, 2.05) is 76.2 Å². The number of ether oxygens (including phenoxy) is 2. The topological polar surface area (TPSA) is 114 Å². The first-order valence-corrected chi connectivity index (χ1v) is 17.8. The van der Waals surface area contributed by atoms with E-state index in [4.69, 9.17) is 9.47 Å². The van der Waals surface area contributed by atoms with E-state index in [-0.39, 0.29) is 24.8 Å². The monoisotopic (exact) mass is 679 g/mol. The fourth-order valence-electron chi connectivity index (χ4n) is 5.59. The Hall–Kier alpha value is -3.88. The number of nitrogens with one attached hydrogen (secondary N) is 2. The van der Waals surface area contributed by atoms with E-state index in [1.54, 1.807) is 46.4 Å². The van der Waals surface area contributed by atoms with Crippen LogP contribution in [0, 0.1) is 19.8 Å². The zero-order valence-corrected chi connectivity index (χ0v) is 31.8. The van der Waals surface area contributed by atoms with Crippen molar-refractivity contribution in [3.63, 3.8) is 0 Å². The molecule has 2 aromatic carbocycles. The van der Waals surface area contributed by atoms with Crippen molar-refractivity contribution in [2.45, 2.75) is 144 Å². The van der Waals surface area contributed by atoms with Gasteiger partial charge >= 0.3 is 12.1 Å². The molecule has 0 fully saturated rings. The molecule has 9 heteroatoms. The Morgan fingerprint density at radius 3 is 2.00 bits per heavy atom. The van der Waals surface area contributed by atoms with Gasteiger partial charge in [-0.05, 0) is 90.8 Å². The van der Waals surface area contributed by atoms with Crippen LogP contribution in [0.1, 0.15) is 123 Å². The molecule has 3 unspecified atom stereocenters. The Morgan fingerprint density at radius 1 is 0.796 bits per heavy atom. The lowest BCUT2D eigenvalue weighted by Gasteiger charge is -2.36. The van der Waals surface area contributed by atoms with E-state index in [9.17, 15) is 19.2 Å². The molecule has 0 bridgehead atoms. The minimum Gasteiger partial charge on any atom is -0.458 e. The lowest BCUT2D eigenvalue weighted by Crippen LogP contribution is -2.55. The minimum absolute atomic E-state index is 0.0567. The molecule has 3 atom stereocenters. The molecule has 9 nitrogen and oxygen atoms in total. The zero-order valence-electron chi connectivity index (χ0n) is 31.8. The summed E-state index contributed by atoms with van der Waals surface area (Å²) < 4.78 is 11.3. The van der Waals surface area contributed by atoms with Gasteiger partial charge in [0, 0.05) is 13.0 Å². The van der Waals surface area contributed by atoms with Crippen LogP contribution in [0.25, 0.3) is 0 Å². The highest BCUT2D eigenvalue weighted by molar-refractivity contribution is 5.94. The lowest BCUT2D eigenvalue weighted by atomic mass is 9.94. The third-order valence-corrected chi connectivity index (χ3v) is 7.81. The lowest BCUT2D eigenvalue weighted by molar-refractivity contribution is -0.159. The Labute approximate surface area is 294 Å². The molecule has 49 heavy (non-hydrogen) atoms. The number of esters is 1. The van der Waals surface area contributed by atoms with Crippen molar-refractivity contribution in [2.24, 2.45) is 5.92 Å². The highest BCUT2D eigenvalue weighted by Gasteiger charge is 2.39. The summed E-state index contributed by atoms with van der Waals surface area (Å²) in [5, 5.41) is 5.82. The number of rotatable bonds is 16. The van der Waals surface area contributed by atoms with Crippen LogP contribution in [0.3, 0.4) is 0 Å². The van der Waals surface area contributed by atoms with Crippen LogP contribution in [0.5, 0.6) is 0 Å². The fraction of sp³-hybridized carbons (Fsp3) is 0.600. The molecule has 0 aliphatic carbocycles. The van der Waals surface area contributed by atoms with Crippen LogP contribution in [-0.2, 0) is 30.3 Å². The van der Waals surface area contributed by atoms with Crippen LogP contribution in [-0.4, -0.2) is 58.6 Å². The number of hydrogen-bond donors (Lipinski definition) is 2. The van der Waals surface area contributed by atoms with Gasteiger partial charge in [0.15, 0.2) is 0 Å². The number of carbonyl (C=O) groups is 4. The summed E-state index contributed by atoms with van der Waals surface area (Å²) in [6.07, 6.45) is 3.37. The first-order valence-electron chi connectivity index (χ1n) is 17.8. The maximum Gasteiger partial charge on any atom is 0.408 e. The molecule has 0 saturated carbocycles. The van der Waals surface area contributed by atoms with E-state index in [0.717, 1.165) is 36.0 Å². The second-order valence-electron chi connectivity index (χ2n) is 15.5. The number of nitrogens with zero attached hydrogens (tertiary/aromatic N) is 1. The molecule has 0 spiro atoms. The van der Waals surface area contributed by atoms with Gasteiger partial charge in [-0.15, -0.1) is 0 Å². The van der Waals surface area contributed by atoms with E-state index < -0.39 is 47.3 Å². The highest BCUT2D eigenvalue weighted by atomic mass is 16.6. The van der Waals surface area contributed by atoms with E-state index in [0.29, 0.717) is 18.4 Å². The number of amides is 3. The molecule has 3 amide bonds. The average molecular weight is 680 g/mol. The van der Waals surface area contributed by atoms with Crippen molar-refractivity contribution in [1.29, 1.82) is 0 Å². The second kappa shape index (κ2) is 18.8. The molecule has 2 aromatic rings. The number of benzene rings is 2. The summed E-state index contributed by atoms with van der Waals surface area (Å²) in [4.78, 5) is 57.7. The largest absolute Gasteiger partial charge is 0.458 e. The van der Waals surface area contributed by atoms with Crippen LogP contribution < -0.4 is 10.6 Å². The highest BCUT2D eigenvalue weighted by Crippen LogP contribution is 2.29. The van der Waals surface area contributed by atoms with Gasteiger partial charge in [-0.1, -0.05) is 94.1 Å². The van der Waals surface area contributed by atoms with Gasteiger partial charge in [0.05, 0.1) is 0 Å². The molecule has 0 saturated heterocycles. The normalized spacial score (nSPS) is 13.6. The summed E-state index contributed by atoms with van der Waals surface area (Å²) >= 11 is 0. The first kappa shape index (κ1) is 41.3. The molecule has 0 aliphatic heterocycles. The molecule has 272 valence electrons. The Balaban J connectivity index is 2.69. The maximum absolute atomic E-state index is 14.7. The van der Waals surface area contributed by atoms with Crippen LogP contribution >= 0.6 is 0 Å². The molecule has 0 heterocycles. The predicted octanol–water partition coefficient (Wildman–Crippen LogP) is 7.76. The Kier molecular flexibility index (Phi) is 15.8. The molecule has 2 N–H and O–H groups in total. The Morgan fingerprint density at radius 2 is 1.43 bits per heavy atom. The van der Waals surface area contributed by atoms with Gasteiger partial charge in [0.2, 0.25) is 11.8 Å². The third-order valence-electron chi connectivity index (χ3n) is 7.81. The maximum atomic E-state index is 14.7. The van der Waals surface area contributed by atoms with Crippen molar-refractivity contribution < 1.29 is 28.7 Å². The van der Waals surface area contributed by atoms with Gasteiger partial charge in [-0.3, -0.25) is 9.59 Å². The van der Waals surface area contributed by atoms with E-state index in [2.05, 4.69) is 17.6 Å². The average Bonchev–Trinajstić information content (AvgIpc) is 2.97. The minimum atomic E-state index is -1.08. The van der Waals surface area contributed by atoms with Crippen molar-refractivity contribution >= 4 is 23.9 Å². The van der Waals surface area contributed by atoms with Crippen molar-refractivity contribution in [3.05, 3.63) is 70.8 Å². The molecular weight excluding hydrogens is 618 g/mol. The number of unbranched alkanes of at least 4 members (excludes halogenated alkanes) is 3. The van der Waals surface area contributed by atoms with Crippen molar-refractivity contribution in [3.8, 4) is 0 Å². The van der Waals surface area contributed by atoms with Gasteiger partial charge < -0.3 is 25.0 Å². The molecule has 0 aliphatic rings. The smallest absolute Gasteiger partial charge is 0.408 e. The van der Waals surface area contributed by atoms with Crippen LogP contribution in [0.15, 0.2) is 48.5 Å². The van der Waals surface area contributed by atoms with Crippen LogP contribution in [0.4, 0.5) is 4.79 Å². The summed E-state index contributed by atoms with van der Waals surface area (Å²) in [6, 6.07) is 12.2. The molecule has 2 rings (SSSR count). The second-order valence-corrected chi connectivity index (χ2v) is 15.5. The summed E-state index contributed by atoms with van der Waals surface area (Å²) in [6.45, 7) is 20.9. The molecule has 0 radical (unpaired) electrons. The fourth-order valence-corrected chi connectivity index (χ4v) is 5.59. The SMILES string of the molecule is CCCCCCN(C(=O)C(CC(C)C)NC(=O)OC(C)(C)C)C(C(=O)NC(Cc1ccccc1)C(=O)OC(C)(C)C)c1cc(C)ccc1C. The van der Waals surface area contributed by atoms with E-state index >= 15 is 0 Å². The van der Waals surface area contributed by atoms with Crippen molar-refractivity contribution in [1.82, 2.24) is 15.5 Å². The number of alkyl carbamates (subject to hydrolysis) is 1. The van der Waals surface area contributed by atoms with Gasteiger partial charge in [-0.25, -0.2) is 9.59 Å². The summed E-state index contributed by atoms with van der Waals surface area (Å²) in [5.41, 5.74) is 1.73. The summed E-state index contributed by atoms with van der Waals surface area (Å²) in [7, 11) is 0. The number of hydrogen-bond acceptors (Lipinski definition) is 6. The number of carbonyl (C=O) groups excluding carboxylic acids is 4. The molecular formula is C40H61N3O6. The molecule has 0 aromatic heterocycles. The van der Waals surface area contributed by atoms with Crippen molar-refractivity contribution in [2.75, 3.05) is 6.54 Å². The van der Waals surface area contributed by atoms with Gasteiger partial charge in [0.1, 0.15) is 29.3 Å². The van der Waals surface area contributed by atoms with Gasteiger partial charge in [0.25, 0.3) is 0 Å². The Bertz CT molecular complexity index is 1380. The first-order chi connectivity index (χ1) is 22.8.